The fourth-order valence-corrected chi connectivity index (χ4v) is 4.38. The molecular weight excluding hydrogens is 230 g/mol. The highest BCUT2D eigenvalue weighted by molar-refractivity contribution is 5.76. The normalized spacial score (nSPS) is 37.2. The molecule has 2 heterocycles. The zero-order valence-electron chi connectivity index (χ0n) is 10.3. The predicted octanol–water partition coefficient (Wildman–Crippen LogP) is 0.178. The van der Waals surface area contributed by atoms with E-state index >= 15 is 0 Å². The van der Waals surface area contributed by atoms with Crippen molar-refractivity contribution in [1.29, 1.82) is 0 Å². The second-order valence-electron chi connectivity index (χ2n) is 5.97. The topological polar surface area (TPSA) is 63.9 Å². The van der Waals surface area contributed by atoms with Gasteiger partial charge in [-0.1, -0.05) is 0 Å². The van der Waals surface area contributed by atoms with Gasteiger partial charge < -0.3 is 4.90 Å². The standard InChI is InChI=1S/C12H17N5O/c18-12(6-17-7-13-14-15-17)16-4-10-8-1-2-9(3-8)11(10)5-16/h7-11H,1-6H2/t8-,9+,10-,11+. The first-order valence-electron chi connectivity index (χ1n) is 6.80. The molecule has 18 heavy (non-hydrogen) atoms. The summed E-state index contributed by atoms with van der Waals surface area (Å²) < 4.78 is 1.51. The number of fused-ring (bicyclic) bond motifs is 5. The molecule has 0 aromatic carbocycles. The summed E-state index contributed by atoms with van der Waals surface area (Å²) >= 11 is 0. The minimum Gasteiger partial charge on any atom is -0.340 e. The van der Waals surface area contributed by atoms with Crippen LogP contribution in [0.5, 0.6) is 0 Å². The number of rotatable bonds is 2. The molecule has 2 aliphatic carbocycles. The predicted molar refractivity (Wildman–Crippen MR) is 62.2 cm³/mol. The molecule has 0 N–H and O–H groups in total. The Kier molecular flexibility index (Phi) is 2.19. The minimum absolute atomic E-state index is 0.163. The molecule has 6 nitrogen and oxygen atoms in total. The van der Waals surface area contributed by atoms with Gasteiger partial charge in [-0.2, -0.15) is 0 Å². The first kappa shape index (κ1) is 10.5. The summed E-state index contributed by atoms with van der Waals surface area (Å²) in [7, 11) is 0. The van der Waals surface area contributed by atoms with E-state index in [0.717, 1.165) is 36.8 Å². The van der Waals surface area contributed by atoms with Crippen LogP contribution in [0, 0.1) is 23.7 Å². The van der Waals surface area contributed by atoms with Crippen LogP contribution in [-0.2, 0) is 11.3 Å². The van der Waals surface area contributed by atoms with Crippen molar-refractivity contribution in [2.24, 2.45) is 23.7 Å². The van der Waals surface area contributed by atoms with E-state index in [1.807, 2.05) is 4.90 Å². The third-order valence-corrected chi connectivity index (χ3v) is 5.18. The maximum absolute atomic E-state index is 12.2. The zero-order chi connectivity index (χ0) is 12.1. The Balaban J connectivity index is 1.44. The summed E-state index contributed by atoms with van der Waals surface area (Å²) in [4.78, 5) is 14.2. The lowest BCUT2D eigenvalue weighted by Crippen LogP contribution is -2.33. The van der Waals surface area contributed by atoms with Crippen LogP contribution in [0.15, 0.2) is 6.33 Å². The van der Waals surface area contributed by atoms with E-state index in [4.69, 9.17) is 0 Å². The lowest BCUT2D eigenvalue weighted by molar-refractivity contribution is -0.131. The number of nitrogens with zero attached hydrogens (tertiary/aromatic N) is 5. The summed E-state index contributed by atoms with van der Waals surface area (Å²) in [6.07, 6.45) is 5.70. The number of carbonyl (C=O) groups is 1. The van der Waals surface area contributed by atoms with Crippen molar-refractivity contribution >= 4 is 5.91 Å². The van der Waals surface area contributed by atoms with Crippen LogP contribution in [0.2, 0.25) is 0 Å². The van der Waals surface area contributed by atoms with Crippen LogP contribution in [0.1, 0.15) is 19.3 Å². The molecule has 0 radical (unpaired) electrons. The summed E-state index contributed by atoms with van der Waals surface area (Å²) in [5.41, 5.74) is 0. The van der Waals surface area contributed by atoms with Gasteiger partial charge in [-0.25, -0.2) is 4.68 Å². The Morgan fingerprint density at radius 3 is 2.56 bits per heavy atom. The van der Waals surface area contributed by atoms with Crippen LogP contribution in [0.3, 0.4) is 0 Å². The highest BCUT2D eigenvalue weighted by Gasteiger charge is 2.52. The van der Waals surface area contributed by atoms with Gasteiger partial charge >= 0.3 is 0 Å². The maximum Gasteiger partial charge on any atom is 0.244 e. The number of likely N-dealkylation sites (tertiary alicyclic amines) is 1. The van der Waals surface area contributed by atoms with Crippen LogP contribution in [0.4, 0.5) is 0 Å². The van der Waals surface area contributed by atoms with Gasteiger partial charge in [0.15, 0.2) is 0 Å². The van der Waals surface area contributed by atoms with Gasteiger partial charge in [-0.15, -0.1) is 5.10 Å². The van der Waals surface area contributed by atoms with Crippen molar-refractivity contribution in [3.05, 3.63) is 6.33 Å². The second kappa shape index (κ2) is 3.76. The van der Waals surface area contributed by atoms with Gasteiger partial charge in [0.25, 0.3) is 0 Å². The minimum atomic E-state index is 0.163. The Hall–Kier alpha value is -1.46. The van der Waals surface area contributed by atoms with Crippen LogP contribution in [0.25, 0.3) is 0 Å². The number of hydrogen-bond donors (Lipinski definition) is 0. The molecule has 4 rings (SSSR count). The number of amides is 1. The van der Waals surface area contributed by atoms with E-state index in [1.165, 1.54) is 30.3 Å². The molecule has 4 atom stereocenters. The molecule has 2 saturated carbocycles. The van der Waals surface area contributed by atoms with E-state index in [0.29, 0.717) is 0 Å². The quantitative estimate of drug-likeness (QED) is 0.747. The van der Waals surface area contributed by atoms with Crippen molar-refractivity contribution < 1.29 is 4.79 Å². The smallest absolute Gasteiger partial charge is 0.244 e. The van der Waals surface area contributed by atoms with Gasteiger partial charge in [0.2, 0.25) is 5.91 Å². The Bertz CT molecular complexity index is 441. The van der Waals surface area contributed by atoms with Crippen molar-refractivity contribution in [3.8, 4) is 0 Å². The highest BCUT2D eigenvalue weighted by atomic mass is 16.2. The first-order valence-corrected chi connectivity index (χ1v) is 6.80. The van der Waals surface area contributed by atoms with Crippen molar-refractivity contribution in [2.75, 3.05) is 13.1 Å². The first-order chi connectivity index (χ1) is 8.81. The molecule has 96 valence electrons. The summed E-state index contributed by atoms with van der Waals surface area (Å²) in [5.74, 6) is 3.51. The molecule has 1 aromatic heterocycles. The number of aromatic nitrogens is 4. The van der Waals surface area contributed by atoms with E-state index in [1.54, 1.807) is 0 Å². The highest BCUT2D eigenvalue weighted by Crippen LogP contribution is 2.55. The molecule has 1 aliphatic heterocycles. The average molecular weight is 247 g/mol. The van der Waals surface area contributed by atoms with E-state index in [9.17, 15) is 4.79 Å². The SMILES string of the molecule is O=C(Cn1cnnn1)N1C[C@@H]2[C@@H]3CC[C@@H](C3)[C@@H]2C1. The lowest BCUT2D eigenvalue weighted by atomic mass is 9.82. The number of hydrogen-bond acceptors (Lipinski definition) is 4. The third kappa shape index (κ3) is 1.47. The van der Waals surface area contributed by atoms with Crippen LogP contribution < -0.4 is 0 Å². The largest absolute Gasteiger partial charge is 0.340 e. The van der Waals surface area contributed by atoms with Crippen molar-refractivity contribution in [2.45, 2.75) is 25.8 Å². The average Bonchev–Trinajstić information content (AvgIpc) is 3.11. The molecule has 3 aliphatic rings. The monoisotopic (exact) mass is 247 g/mol. The fraction of sp³-hybridized carbons (Fsp3) is 0.833. The second-order valence-corrected chi connectivity index (χ2v) is 5.97. The van der Waals surface area contributed by atoms with Gasteiger partial charge in [-0.05, 0) is 53.4 Å². The third-order valence-electron chi connectivity index (χ3n) is 5.18. The zero-order valence-corrected chi connectivity index (χ0v) is 10.3. The van der Waals surface area contributed by atoms with Crippen molar-refractivity contribution in [1.82, 2.24) is 25.1 Å². The van der Waals surface area contributed by atoms with Gasteiger partial charge in [-0.3, -0.25) is 4.79 Å². The number of tetrazole rings is 1. The maximum atomic E-state index is 12.2. The van der Waals surface area contributed by atoms with Gasteiger partial charge in [0, 0.05) is 13.1 Å². The molecule has 6 heteroatoms. The van der Waals surface area contributed by atoms with Crippen LogP contribution in [-0.4, -0.2) is 44.1 Å². The van der Waals surface area contributed by atoms with Gasteiger partial charge in [0.1, 0.15) is 12.9 Å². The van der Waals surface area contributed by atoms with Crippen LogP contribution >= 0.6 is 0 Å². The molecule has 1 saturated heterocycles. The molecule has 1 aromatic rings. The van der Waals surface area contributed by atoms with Crippen molar-refractivity contribution in [3.63, 3.8) is 0 Å². The van der Waals surface area contributed by atoms with E-state index < -0.39 is 0 Å². The molecule has 0 spiro atoms. The molecule has 1 amide bonds. The van der Waals surface area contributed by atoms with Gasteiger partial charge in [0.05, 0.1) is 0 Å². The number of carbonyl (C=O) groups excluding carboxylic acids is 1. The summed E-state index contributed by atoms with van der Waals surface area (Å²) in [5, 5.41) is 10.9. The lowest BCUT2D eigenvalue weighted by Gasteiger charge is -2.22. The summed E-state index contributed by atoms with van der Waals surface area (Å²) in [6, 6.07) is 0. The molecular formula is C12H17N5O. The fourth-order valence-electron chi connectivity index (χ4n) is 4.38. The molecule has 3 fully saturated rings. The summed E-state index contributed by atoms with van der Waals surface area (Å²) in [6.45, 7) is 2.21. The van der Waals surface area contributed by atoms with E-state index in [2.05, 4.69) is 15.5 Å². The Morgan fingerprint density at radius 2 is 1.94 bits per heavy atom. The van der Waals surface area contributed by atoms with E-state index in [-0.39, 0.29) is 12.5 Å². The Labute approximate surface area is 105 Å². The Morgan fingerprint density at radius 1 is 1.22 bits per heavy atom. The molecule has 2 bridgehead atoms. The molecule has 0 unspecified atom stereocenters.